The Morgan fingerprint density at radius 1 is 1.33 bits per heavy atom. The second-order valence-corrected chi connectivity index (χ2v) is 3.75. The number of hydrogen-bond donors (Lipinski definition) is 1. The molecule has 84 valence electrons. The van der Waals surface area contributed by atoms with Crippen LogP contribution in [0.25, 0.3) is 0 Å². The van der Waals surface area contributed by atoms with Gasteiger partial charge in [-0.1, -0.05) is 6.42 Å². The first-order valence-corrected chi connectivity index (χ1v) is 5.51. The van der Waals surface area contributed by atoms with Crippen LogP contribution in [0, 0.1) is 0 Å². The highest BCUT2D eigenvalue weighted by molar-refractivity contribution is 4.93. The van der Waals surface area contributed by atoms with Crippen molar-refractivity contribution >= 4 is 0 Å². The lowest BCUT2D eigenvalue weighted by Crippen LogP contribution is -2.03. The fourth-order valence-electron chi connectivity index (χ4n) is 1.80. The molecule has 0 unspecified atom stereocenters. The molecule has 0 saturated carbocycles. The average Bonchev–Trinajstić information content (AvgIpc) is 2.49. The lowest BCUT2D eigenvalue weighted by atomic mass is 10.2. The number of rotatable bonds is 4. The van der Waals surface area contributed by atoms with Gasteiger partial charge in [-0.05, 0) is 12.8 Å². The highest BCUT2D eigenvalue weighted by atomic mass is 16.5. The molecule has 1 aromatic heterocycles. The van der Waals surface area contributed by atoms with Gasteiger partial charge in [0.25, 0.3) is 0 Å². The zero-order chi connectivity index (χ0) is 10.5. The zero-order valence-corrected chi connectivity index (χ0v) is 8.85. The van der Waals surface area contributed by atoms with E-state index in [4.69, 9.17) is 9.84 Å². The smallest absolute Gasteiger partial charge is 0.176 e. The summed E-state index contributed by atoms with van der Waals surface area (Å²) < 4.78 is 7.18. The van der Waals surface area contributed by atoms with E-state index in [1.54, 1.807) is 0 Å². The molecule has 1 aromatic rings. The van der Waals surface area contributed by atoms with Crippen molar-refractivity contribution in [1.82, 2.24) is 14.8 Å². The van der Waals surface area contributed by atoms with Gasteiger partial charge in [0.15, 0.2) is 5.82 Å². The number of fused-ring (bicyclic) bond motifs is 1. The van der Waals surface area contributed by atoms with Crippen molar-refractivity contribution in [2.75, 3.05) is 13.2 Å². The van der Waals surface area contributed by atoms with Crippen molar-refractivity contribution in [3.8, 4) is 0 Å². The van der Waals surface area contributed by atoms with Crippen LogP contribution in [-0.2, 0) is 24.3 Å². The van der Waals surface area contributed by atoms with E-state index in [0.717, 1.165) is 24.6 Å². The van der Waals surface area contributed by atoms with Gasteiger partial charge in [0.05, 0.1) is 13.2 Å². The molecule has 0 amide bonds. The Morgan fingerprint density at radius 3 is 3.13 bits per heavy atom. The van der Waals surface area contributed by atoms with Crippen LogP contribution in [0.4, 0.5) is 0 Å². The minimum Gasteiger partial charge on any atom is -0.394 e. The molecule has 1 N–H and O–H groups in total. The van der Waals surface area contributed by atoms with Crippen molar-refractivity contribution in [3.63, 3.8) is 0 Å². The van der Waals surface area contributed by atoms with E-state index in [1.165, 1.54) is 19.3 Å². The Labute approximate surface area is 89.1 Å². The van der Waals surface area contributed by atoms with Crippen LogP contribution in [0.2, 0.25) is 0 Å². The third-order valence-electron chi connectivity index (χ3n) is 2.53. The van der Waals surface area contributed by atoms with Crippen LogP contribution in [0.1, 0.15) is 30.9 Å². The number of ether oxygens (including phenoxy) is 1. The van der Waals surface area contributed by atoms with Gasteiger partial charge in [0.1, 0.15) is 12.4 Å². The largest absolute Gasteiger partial charge is 0.394 e. The monoisotopic (exact) mass is 211 g/mol. The summed E-state index contributed by atoms with van der Waals surface area (Å²) in [5.74, 6) is 1.82. The molecule has 5 heteroatoms. The van der Waals surface area contributed by atoms with Gasteiger partial charge in [-0.25, -0.2) is 9.67 Å². The number of hydrogen-bond acceptors (Lipinski definition) is 4. The predicted octanol–water partition coefficient (Wildman–Crippen LogP) is 0.513. The van der Waals surface area contributed by atoms with E-state index in [-0.39, 0.29) is 6.61 Å². The summed E-state index contributed by atoms with van der Waals surface area (Å²) in [6, 6.07) is 0. The van der Waals surface area contributed by atoms with Crippen LogP contribution in [0.5, 0.6) is 0 Å². The van der Waals surface area contributed by atoms with Crippen LogP contribution >= 0.6 is 0 Å². The van der Waals surface area contributed by atoms with Gasteiger partial charge in [0, 0.05) is 13.0 Å². The highest BCUT2D eigenvalue weighted by Gasteiger charge is 2.12. The quantitative estimate of drug-likeness (QED) is 0.737. The summed E-state index contributed by atoms with van der Waals surface area (Å²) in [6.45, 7) is 1.78. The molecule has 0 aromatic carbocycles. The molecule has 0 fully saturated rings. The molecular formula is C10H17N3O2. The Kier molecular flexibility index (Phi) is 3.69. The second kappa shape index (κ2) is 5.23. The number of aromatic nitrogens is 3. The van der Waals surface area contributed by atoms with Crippen molar-refractivity contribution in [3.05, 3.63) is 11.6 Å². The van der Waals surface area contributed by atoms with Gasteiger partial charge in [0.2, 0.25) is 0 Å². The topological polar surface area (TPSA) is 60.2 Å². The Bertz CT molecular complexity index is 288. The third kappa shape index (κ3) is 2.76. The molecule has 0 atom stereocenters. The normalized spacial score (nSPS) is 16.1. The average molecular weight is 211 g/mol. The third-order valence-corrected chi connectivity index (χ3v) is 2.53. The first-order valence-electron chi connectivity index (χ1n) is 5.51. The summed E-state index contributed by atoms with van der Waals surface area (Å²) >= 11 is 0. The number of aliphatic hydroxyl groups is 1. The molecule has 0 radical (unpaired) electrons. The molecule has 0 bridgehead atoms. The molecule has 0 saturated heterocycles. The summed E-state index contributed by atoms with van der Waals surface area (Å²) in [5, 5.41) is 13.0. The van der Waals surface area contributed by atoms with Gasteiger partial charge in [-0.2, -0.15) is 5.10 Å². The molecule has 5 nitrogen and oxygen atoms in total. The lowest BCUT2D eigenvalue weighted by molar-refractivity contribution is 0.0775. The SMILES string of the molecule is OCCOCc1nc2n(n1)CCCCC2. The van der Waals surface area contributed by atoms with Gasteiger partial charge >= 0.3 is 0 Å². The number of aryl methyl sites for hydroxylation is 2. The minimum absolute atomic E-state index is 0.0492. The van der Waals surface area contributed by atoms with Gasteiger partial charge in [-0.15, -0.1) is 0 Å². The van der Waals surface area contributed by atoms with E-state index in [9.17, 15) is 0 Å². The Balaban J connectivity index is 1.96. The zero-order valence-electron chi connectivity index (χ0n) is 8.85. The number of nitrogens with zero attached hydrogens (tertiary/aromatic N) is 3. The first-order chi connectivity index (χ1) is 7.40. The first kappa shape index (κ1) is 10.6. The second-order valence-electron chi connectivity index (χ2n) is 3.75. The molecule has 2 rings (SSSR count). The van der Waals surface area contributed by atoms with Gasteiger partial charge in [-0.3, -0.25) is 0 Å². The minimum atomic E-state index is 0.0492. The van der Waals surface area contributed by atoms with Crippen molar-refractivity contribution < 1.29 is 9.84 Å². The van der Waals surface area contributed by atoms with E-state index >= 15 is 0 Å². The summed E-state index contributed by atoms with van der Waals surface area (Å²) in [5.41, 5.74) is 0. The van der Waals surface area contributed by atoms with E-state index in [1.807, 2.05) is 4.68 Å². The fourth-order valence-corrected chi connectivity index (χ4v) is 1.80. The Hall–Kier alpha value is -0.940. The van der Waals surface area contributed by atoms with Crippen LogP contribution in [0.15, 0.2) is 0 Å². The maximum Gasteiger partial charge on any atom is 0.176 e. The van der Waals surface area contributed by atoms with Crippen LogP contribution in [0.3, 0.4) is 0 Å². The Morgan fingerprint density at radius 2 is 2.27 bits per heavy atom. The van der Waals surface area contributed by atoms with E-state index in [0.29, 0.717) is 13.2 Å². The highest BCUT2D eigenvalue weighted by Crippen LogP contribution is 2.12. The molecule has 0 aliphatic carbocycles. The predicted molar refractivity (Wildman–Crippen MR) is 54.3 cm³/mol. The van der Waals surface area contributed by atoms with Crippen LogP contribution < -0.4 is 0 Å². The molecule has 2 heterocycles. The fraction of sp³-hybridized carbons (Fsp3) is 0.800. The molecule has 15 heavy (non-hydrogen) atoms. The molecule has 1 aliphatic rings. The number of aliphatic hydroxyl groups excluding tert-OH is 1. The van der Waals surface area contributed by atoms with Crippen molar-refractivity contribution in [1.29, 1.82) is 0 Å². The summed E-state index contributed by atoms with van der Waals surface area (Å²) in [4.78, 5) is 4.43. The van der Waals surface area contributed by atoms with E-state index < -0.39 is 0 Å². The maximum atomic E-state index is 8.57. The van der Waals surface area contributed by atoms with Crippen LogP contribution in [-0.4, -0.2) is 33.1 Å². The molecular weight excluding hydrogens is 194 g/mol. The van der Waals surface area contributed by atoms with Gasteiger partial charge < -0.3 is 9.84 Å². The maximum absolute atomic E-state index is 8.57. The van der Waals surface area contributed by atoms with E-state index in [2.05, 4.69) is 10.1 Å². The summed E-state index contributed by atoms with van der Waals surface area (Å²) in [7, 11) is 0. The lowest BCUT2D eigenvalue weighted by Gasteiger charge is -1.98. The standard InChI is InChI=1S/C10H17N3O2/c14-6-7-15-8-9-11-10-4-2-1-3-5-13(10)12-9/h14H,1-8H2. The van der Waals surface area contributed by atoms with Crippen molar-refractivity contribution in [2.24, 2.45) is 0 Å². The molecule has 1 aliphatic heterocycles. The van der Waals surface area contributed by atoms with Crippen molar-refractivity contribution in [2.45, 2.75) is 38.8 Å². The summed E-state index contributed by atoms with van der Waals surface area (Å²) in [6.07, 6.45) is 4.68. The molecule has 0 spiro atoms.